The van der Waals surface area contributed by atoms with Crippen molar-refractivity contribution in [1.82, 2.24) is 0 Å². The highest BCUT2D eigenvalue weighted by molar-refractivity contribution is 7.86. The van der Waals surface area contributed by atoms with Gasteiger partial charge in [0.05, 0.1) is 0 Å². The first-order valence-corrected chi connectivity index (χ1v) is 7.25. The fourth-order valence-electron chi connectivity index (χ4n) is 2.10. The molecule has 1 N–H and O–H groups in total. The van der Waals surface area contributed by atoms with Gasteiger partial charge in [-0.05, 0) is 35.6 Å². The number of aryl methyl sites for hydroxylation is 1. The summed E-state index contributed by atoms with van der Waals surface area (Å²) in [6, 6.07) is 9.08. The lowest BCUT2D eigenvalue weighted by atomic mass is 10.1. The molecule has 2 rings (SSSR count). The van der Waals surface area contributed by atoms with E-state index in [1.54, 1.807) is 6.07 Å². The van der Waals surface area contributed by atoms with Gasteiger partial charge >= 0.3 is 0 Å². The summed E-state index contributed by atoms with van der Waals surface area (Å²) >= 11 is 0. The molecule has 2 aliphatic rings. The highest BCUT2D eigenvalue weighted by Crippen LogP contribution is 2.35. The maximum absolute atomic E-state index is 11.3. The number of hydrogen-bond acceptors (Lipinski definition) is 2. The Balaban J connectivity index is 2.75. The SMILES string of the molecule is Cc1cc(S(=O)(=O)O)c2ccc(C(C)C)ccc1-2. The van der Waals surface area contributed by atoms with E-state index in [1.165, 1.54) is 6.07 Å². The third-order valence-electron chi connectivity index (χ3n) is 3.16. The summed E-state index contributed by atoms with van der Waals surface area (Å²) in [5.41, 5.74) is 3.41. The van der Waals surface area contributed by atoms with E-state index in [9.17, 15) is 13.0 Å². The quantitative estimate of drug-likeness (QED) is 0.845. The van der Waals surface area contributed by atoms with Crippen molar-refractivity contribution in [1.29, 1.82) is 0 Å². The molecule has 0 saturated carbocycles. The lowest BCUT2D eigenvalue weighted by Gasteiger charge is -1.99. The predicted octanol–water partition coefficient (Wildman–Crippen LogP) is 3.47. The molecule has 0 amide bonds. The van der Waals surface area contributed by atoms with Crippen LogP contribution in [0.2, 0.25) is 0 Å². The molecule has 0 saturated heterocycles. The van der Waals surface area contributed by atoms with Gasteiger partial charge < -0.3 is 0 Å². The fraction of sp³-hybridized carbons (Fsp3) is 0.286. The number of fused-ring (bicyclic) bond motifs is 1. The first-order chi connectivity index (χ1) is 8.30. The summed E-state index contributed by atoms with van der Waals surface area (Å²) in [4.78, 5) is -0.0130. The first kappa shape index (κ1) is 13.1. The number of rotatable bonds is 2. The molecule has 4 heteroatoms. The lowest BCUT2D eigenvalue weighted by molar-refractivity contribution is 0.484. The van der Waals surface area contributed by atoms with E-state index >= 15 is 0 Å². The van der Waals surface area contributed by atoms with Gasteiger partial charge in [0.25, 0.3) is 10.1 Å². The van der Waals surface area contributed by atoms with Crippen molar-refractivity contribution in [3.05, 3.63) is 41.5 Å². The van der Waals surface area contributed by atoms with Gasteiger partial charge in [-0.3, -0.25) is 4.55 Å². The largest absolute Gasteiger partial charge is 0.295 e. The normalized spacial score (nSPS) is 12.3. The maximum atomic E-state index is 11.3. The van der Waals surface area contributed by atoms with Gasteiger partial charge in [0.15, 0.2) is 0 Å². The molecule has 0 fully saturated rings. The van der Waals surface area contributed by atoms with E-state index in [0.29, 0.717) is 11.5 Å². The smallest absolute Gasteiger partial charge is 0.282 e. The monoisotopic (exact) mass is 264 g/mol. The van der Waals surface area contributed by atoms with Crippen molar-refractivity contribution >= 4 is 10.1 Å². The van der Waals surface area contributed by atoms with Crippen molar-refractivity contribution in [3.63, 3.8) is 0 Å². The molecule has 0 radical (unpaired) electrons. The molecular weight excluding hydrogens is 248 g/mol. The van der Waals surface area contributed by atoms with Gasteiger partial charge in [-0.2, -0.15) is 8.42 Å². The zero-order chi connectivity index (χ0) is 13.5. The zero-order valence-corrected chi connectivity index (χ0v) is 11.5. The molecule has 0 spiro atoms. The summed E-state index contributed by atoms with van der Waals surface area (Å²) in [6.45, 7) is 6.00. The Kier molecular flexibility index (Phi) is 3.17. The van der Waals surface area contributed by atoms with Crippen LogP contribution in [-0.4, -0.2) is 13.0 Å². The van der Waals surface area contributed by atoms with Crippen LogP contribution in [0, 0.1) is 6.92 Å². The van der Waals surface area contributed by atoms with Crippen molar-refractivity contribution in [2.75, 3.05) is 0 Å². The van der Waals surface area contributed by atoms with Gasteiger partial charge in [0, 0.05) is 5.56 Å². The molecule has 0 aromatic carbocycles. The molecule has 2 aliphatic carbocycles. The van der Waals surface area contributed by atoms with E-state index in [1.807, 2.05) is 25.1 Å². The van der Waals surface area contributed by atoms with Crippen molar-refractivity contribution in [2.45, 2.75) is 31.6 Å². The molecule has 0 aromatic heterocycles. The van der Waals surface area contributed by atoms with Gasteiger partial charge in [-0.1, -0.05) is 38.1 Å². The van der Waals surface area contributed by atoms with E-state index in [4.69, 9.17) is 0 Å². The summed E-state index contributed by atoms with van der Waals surface area (Å²) in [6.07, 6.45) is 0. The van der Waals surface area contributed by atoms with Crippen LogP contribution in [0.15, 0.2) is 35.2 Å². The molecular formula is C14H16O3S. The second kappa shape index (κ2) is 4.37. The Morgan fingerprint density at radius 3 is 2.11 bits per heavy atom. The van der Waals surface area contributed by atoms with Crippen LogP contribution in [-0.2, 0) is 10.1 Å². The maximum Gasteiger partial charge on any atom is 0.295 e. The molecule has 18 heavy (non-hydrogen) atoms. The van der Waals surface area contributed by atoms with Crippen LogP contribution in [0.5, 0.6) is 0 Å². The first-order valence-electron chi connectivity index (χ1n) is 5.81. The Morgan fingerprint density at radius 2 is 1.61 bits per heavy atom. The topological polar surface area (TPSA) is 54.4 Å². The third-order valence-corrected chi connectivity index (χ3v) is 4.05. The second-order valence-corrected chi connectivity index (χ2v) is 6.21. The zero-order valence-electron chi connectivity index (χ0n) is 10.6. The molecule has 3 nitrogen and oxygen atoms in total. The highest BCUT2D eigenvalue weighted by atomic mass is 32.2. The molecule has 96 valence electrons. The van der Waals surface area contributed by atoms with E-state index in [-0.39, 0.29) is 4.90 Å². The van der Waals surface area contributed by atoms with Gasteiger partial charge in [0.2, 0.25) is 0 Å². The van der Waals surface area contributed by atoms with Crippen LogP contribution < -0.4 is 0 Å². The molecule has 0 atom stereocenters. The Hall–Kier alpha value is -1.39. The highest BCUT2D eigenvalue weighted by Gasteiger charge is 2.21. The summed E-state index contributed by atoms with van der Waals surface area (Å²) in [5.74, 6) is 0.371. The minimum atomic E-state index is -4.17. The predicted molar refractivity (Wildman–Crippen MR) is 71.7 cm³/mol. The minimum Gasteiger partial charge on any atom is -0.282 e. The van der Waals surface area contributed by atoms with Crippen LogP contribution in [0.25, 0.3) is 11.1 Å². The molecule has 0 aliphatic heterocycles. The van der Waals surface area contributed by atoms with Crippen LogP contribution >= 0.6 is 0 Å². The van der Waals surface area contributed by atoms with E-state index in [2.05, 4.69) is 13.8 Å². The van der Waals surface area contributed by atoms with Crippen molar-refractivity contribution in [2.24, 2.45) is 0 Å². The van der Waals surface area contributed by atoms with Crippen molar-refractivity contribution in [3.8, 4) is 11.1 Å². The van der Waals surface area contributed by atoms with E-state index in [0.717, 1.165) is 16.7 Å². The van der Waals surface area contributed by atoms with Gasteiger partial charge in [-0.15, -0.1) is 0 Å². The van der Waals surface area contributed by atoms with Gasteiger partial charge in [-0.25, -0.2) is 0 Å². The fourth-order valence-corrected chi connectivity index (χ4v) is 2.89. The standard InChI is InChI=1S/C14H16O3S/c1-9(2)11-4-6-12-10(3)8-14(18(15,16)17)13(12)7-5-11/h4-9H,1-3H3,(H,15,16,17). The molecule has 0 bridgehead atoms. The van der Waals surface area contributed by atoms with Crippen LogP contribution in [0.3, 0.4) is 0 Å². The average Bonchev–Trinajstić information content (AvgIpc) is 2.46. The Labute approximate surface area is 108 Å². The van der Waals surface area contributed by atoms with E-state index < -0.39 is 10.1 Å². The summed E-state index contributed by atoms with van der Waals surface area (Å²) in [5, 5.41) is 0. The lowest BCUT2D eigenvalue weighted by Crippen LogP contribution is -1.96. The van der Waals surface area contributed by atoms with Crippen LogP contribution in [0.4, 0.5) is 0 Å². The van der Waals surface area contributed by atoms with Crippen molar-refractivity contribution < 1.29 is 13.0 Å². The number of hydrogen-bond donors (Lipinski definition) is 1. The minimum absolute atomic E-state index is 0.0130. The second-order valence-electron chi connectivity index (χ2n) is 4.82. The Bertz CT molecular complexity index is 657. The molecule has 0 aromatic rings. The summed E-state index contributed by atoms with van der Waals surface area (Å²) in [7, 11) is -4.17. The molecule has 0 heterocycles. The molecule has 0 unspecified atom stereocenters. The third kappa shape index (κ3) is 2.26. The average molecular weight is 264 g/mol. The summed E-state index contributed by atoms with van der Waals surface area (Å²) < 4.78 is 31.9. The van der Waals surface area contributed by atoms with Gasteiger partial charge in [0.1, 0.15) is 4.90 Å². The Morgan fingerprint density at radius 1 is 1.06 bits per heavy atom. The van der Waals surface area contributed by atoms with Crippen LogP contribution in [0.1, 0.15) is 30.9 Å².